The SMILES string of the molecule is CCN1CCCC1CNC(=O)C1(C#N)CC(C)C1. The highest BCUT2D eigenvalue weighted by Crippen LogP contribution is 2.45. The van der Waals surface area contributed by atoms with Crippen molar-refractivity contribution in [2.24, 2.45) is 11.3 Å². The summed E-state index contributed by atoms with van der Waals surface area (Å²) in [6.07, 6.45) is 3.81. The van der Waals surface area contributed by atoms with E-state index in [2.05, 4.69) is 30.1 Å². The lowest BCUT2D eigenvalue weighted by Crippen LogP contribution is -2.50. The minimum atomic E-state index is -0.727. The summed E-state index contributed by atoms with van der Waals surface area (Å²) in [5.74, 6) is 0.458. The molecule has 0 radical (unpaired) electrons. The fourth-order valence-corrected chi connectivity index (χ4v) is 3.38. The van der Waals surface area contributed by atoms with E-state index in [1.807, 2.05) is 0 Å². The van der Waals surface area contributed by atoms with Crippen molar-refractivity contribution in [2.75, 3.05) is 19.6 Å². The molecule has 1 atom stereocenters. The Hall–Kier alpha value is -1.08. The van der Waals surface area contributed by atoms with Crippen molar-refractivity contribution in [1.82, 2.24) is 10.2 Å². The van der Waals surface area contributed by atoms with E-state index >= 15 is 0 Å². The monoisotopic (exact) mass is 249 g/mol. The smallest absolute Gasteiger partial charge is 0.240 e. The molecule has 2 fully saturated rings. The van der Waals surface area contributed by atoms with Crippen LogP contribution in [-0.2, 0) is 4.79 Å². The highest BCUT2D eigenvalue weighted by atomic mass is 16.2. The zero-order valence-electron chi connectivity index (χ0n) is 11.4. The van der Waals surface area contributed by atoms with Crippen LogP contribution in [0.3, 0.4) is 0 Å². The molecule has 0 bridgehead atoms. The minimum absolute atomic E-state index is 0.0500. The third-order valence-corrected chi connectivity index (χ3v) is 4.45. The van der Waals surface area contributed by atoms with Crippen LogP contribution in [0.15, 0.2) is 0 Å². The number of hydrogen-bond acceptors (Lipinski definition) is 3. The molecular formula is C14H23N3O. The Kier molecular flexibility index (Phi) is 3.91. The molecule has 1 unspecified atom stereocenters. The predicted octanol–water partition coefficient (Wildman–Crippen LogP) is 1.53. The lowest BCUT2D eigenvalue weighted by molar-refractivity contribution is -0.134. The molecule has 1 saturated heterocycles. The molecule has 1 heterocycles. The number of nitriles is 1. The fourth-order valence-electron chi connectivity index (χ4n) is 3.38. The summed E-state index contributed by atoms with van der Waals surface area (Å²) in [6.45, 7) is 7.13. The first-order chi connectivity index (χ1) is 8.61. The number of carbonyl (C=O) groups is 1. The van der Waals surface area contributed by atoms with Crippen molar-refractivity contribution < 1.29 is 4.79 Å². The summed E-state index contributed by atoms with van der Waals surface area (Å²) in [7, 11) is 0. The van der Waals surface area contributed by atoms with E-state index in [4.69, 9.17) is 0 Å². The van der Waals surface area contributed by atoms with E-state index < -0.39 is 5.41 Å². The Balaban J connectivity index is 1.83. The largest absolute Gasteiger partial charge is 0.353 e. The maximum absolute atomic E-state index is 12.1. The van der Waals surface area contributed by atoms with Gasteiger partial charge >= 0.3 is 0 Å². The zero-order chi connectivity index (χ0) is 13.2. The molecule has 4 nitrogen and oxygen atoms in total. The van der Waals surface area contributed by atoms with E-state index in [1.54, 1.807) is 0 Å². The molecule has 2 rings (SSSR count). The Morgan fingerprint density at radius 2 is 2.28 bits per heavy atom. The summed E-state index contributed by atoms with van der Waals surface area (Å²) in [6, 6.07) is 2.69. The van der Waals surface area contributed by atoms with Gasteiger partial charge in [-0.05, 0) is 44.7 Å². The first-order valence-corrected chi connectivity index (χ1v) is 7.05. The molecule has 1 aliphatic carbocycles. The van der Waals surface area contributed by atoms with E-state index in [9.17, 15) is 10.1 Å². The Labute approximate surface area is 109 Å². The second kappa shape index (κ2) is 5.27. The third kappa shape index (κ3) is 2.37. The van der Waals surface area contributed by atoms with Crippen LogP contribution in [-0.4, -0.2) is 36.5 Å². The molecule has 18 heavy (non-hydrogen) atoms. The number of likely N-dealkylation sites (tertiary alicyclic amines) is 1. The fraction of sp³-hybridized carbons (Fsp3) is 0.857. The highest BCUT2D eigenvalue weighted by Gasteiger charge is 2.48. The van der Waals surface area contributed by atoms with E-state index in [-0.39, 0.29) is 5.91 Å². The summed E-state index contributed by atoms with van der Waals surface area (Å²) in [4.78, 5) is 14.5. The molecule has 1 amide bonds. The summed E-state index contributed by atoms with van der Waals surface area (Å²) < 4.78 is 0. The van der Waals surface area contributed by atoms with Gasteiger partial charge in [0.1, 0.15) is 5.41 Å². The van der Waals surface area contributed by atoms with Crippen LogP contribution in [0.25, 0.3) is 0 Å². The second-order valence-electron chi connectivity index (χ2n) is 5.84. The molecule has 4 heteroatoms. The molecule has 1 saturated carbocycles. The maximum Gasteiger partial charge on any atom is 0.240 e. The molecule has 0 aromatic heterocycles. The average molecular weight is 249 g/mol. The molecule has 100 valence electrons. The molecule has 1 aliphatic heterocycles. The van der Waals surface area contributed by atoms with Gasteiger partial charge in [0.2, 0.25) is 5.91 Å². The molecule has 0 aromatic carbocycles. The van der Waals surface area contributed by atoms with Crippen molar-refractivity contribution in [3.8, 4) is 6.07 Å². The maximum atomic E-state index is 12.1. The zero-order valence-corrected chi connectivity index (χ0v) is 11.4. The minimum Gasteiger partial charge on any atom is -0.353 e. The number of likely N-dealkylation sites (N-methyl/N-ethyl adjacent to an activating group) is 1. The molecule has 0 aromatic rings. The van der Waals surface area contributed by atoms with Crippen molar-refractivity contribution in [3.05, 3.63) is 0 Å². The van der Waals surface area contributed by atoms with Gasteiger partial charge in [0.05, 0.1) is 6.07 Å². The number of nitrogens with zero attached hydrogens (tertiary/aromatic N) is 2. The van der Waals surface area contributed by atoms with Crippen LogP contribution in [0.1, 0.15) is 39.5 Å². The van der Waals surface area contributed by atoms with Gasteiger partial charge in [0.25, 0.3) is 0 Å². The van der Waals surface area contributed by atoms with E-state index in [0.29, 0.717) is 18.5 Å². The highest BCUT2D eigenvalue weighted by molar-refractivity contribution is 5.86. The predicted molar refractivity (Wildman–Crippen MR) is 69.7 cm³/mol. The summed E-state index contributed by atoms with van der Waals surface area (Å²) in [5, 5.41) is 12.2. The van der Waals surface area contributed by atoms with Gasteiger partial charge in [-0.3, -0.25) is 9.69 Å². The lowest BCUT2D eigenvalue weighted by Gasteiger charge is -2.39. The van der Waals surface area contributed by atoms with Crippen molar-refractivity contribution in [2.45, 2.75) is 45.6 Å². The third-order valence-electron chi connectivity index (χ3n) is 4.45. The van der Waals surface area contributed by atoms with Gasteiger partial charge in [-0.1, -0.05) is 13.8 Å². The van der Waals surface area contributed by atoms with Crippen LogP contribution < -0.4 is 5.32 Å². The Morgan fingerprint density at radius 3 is 2.83 bits per heavy atom. The first-order valence-electron chi connectivity index (χ1n) is 7.05. The van der Waals surface area contributed by atoms with Gasteiger partial charge in [0, 0.05) is 12.6 Å². The van der Waals surface area contributed by atoms with E-state index in [1.165, 1.54) is 6.42 Å². The lowest BCUT2D eigenvalue weighted by atomic mass is 9.63. The second-order valence-corrected chi connectivity index (χ2v) is 5.84. The average Bonchev–Trinajstić information content (AvgIpc) is 2.79. The standard InChI is InChI=1S/C14H23N3O/c1-3-17-6-4-5-12(17)9-16-13(18)14(10-15)7-11(2)8-14/h11-12H,3-9H2,1-2H3,(H,16,18). The topological polar surface area (TPSA) is 56.1 Å². The quantitative estimate of drug-likeness (QED) is 0.822. The van der Waals surface area contributed by atoms with Crippen LogP contribution >= 0.6 is 0 Å². The number of rotatable bonds is 4. The van der Waals surface area contributed by atoms with Gasteiger partial charge in [-0.15, -0.1) is 0 Å². The molecule has 0 spiro atoms. The molecule has 1 N–H and O–H groups in total. The van der Waals surface area contributed by atoms with Crippen LogP contribution in [0.4, 0.5) is 0 Å². The number of carbonyl (C=O) groups excluding carboxylic acids is 1. The van der Waals surface area contributed by atoms with Crippen molar-refractivity contribution in [1.29, 1.82) is 5.26 Å². The van der Waals surface area contributed by atoms with Gasteiger partial charge < -0.3 is 5.32 Å². The number of hydrogen-bond donors (Lipinski definition) is 1. The number of nitrogens with one attached hydrogen (secondary N) is 1. The Bertz CT molecular complexity index is 355. The Morgan fingerprint density at radius 1 is 1.56 bits per heavy atom. The van der Waals surface area contributed by atoms with Crippen LogP contribution in [0, 0.1) is 22.7 Å². The van der Waals surface area contributed by atoms with Gasteiger partial charge in [0.15, 0.2) is 0 Å². The van der Waals surface area contributed by atoms with E-state index in [0.717, 1.165) is 32.4 Å². The number of amides is 1. The van der Waals surface area contributed by atoms with Crippen molar-refractivity contribution in [3.63, 3.8) is 0 Å². The molecular weight excluding hydrogens is 226 g/mol. The first kappa shape index (κ1) is 13.4. The van der Waals surface area contributed by atoms with Crippen LogP contribution in [0.2, 0.25) is 0 Å². The summed E-state index contributed by atoms with van der Waals surface area (Å²) in [5.41, 5.74) is -0.727. The van der Waals surface area contributed by atoms with Crippen molar-refractivity contribution >= 4 is 5.91 Å². The summed E-state index contributed by atoms with van der Waals surface area (Å²) >= 11 is 0. The van der Waals surface area contributed by atoms with Gasteiger partial charge in [-0.25, -0.2) is 0 Å². The van der Waals surface area contributed by atoms with Gasteiger partial charge in [-0.2, -0.15) is 5.26 Å². The molecule has 2 aliphatic rings. The normalized spacial score (nSPS) is 35.8. The van der Waals surface area contributed by atoms with Crippen LogP contribution in [0.5, 0.6) is 0 Å².